The number of aryl methyl sites for hydroxylation is 1. The van der Waals surface area contributed by atoms with E-state index in [4.69, 9.17) is 0 Å². The molecule has 0 fully saturated rings. The Morgan fingerprint density at radius 3 is 2.06 bits per heavy atom. The molecule has 4 aromatic rings. The van der Waals surface area contributed by atoms with Gasteiger partial charge in [0.1, 0.15) is 17.2 Å². The van der Waals surface area contributed by atoms with Crippen LogP contribution in [0, 0.1) is 11.6 Å². The summed E-state index contributed by atoms with van der Waals surface area (Å²) in [6, 6.07) is 23.4. The summed E-state index contributed by atoms with van der Waals surface area (Å²) in [6.07, 6.45) is -0.937. The first kappa shape index (κ1) is 23.9. The number of benzene rings is 4. The highest BCUT2D eigenvalue weighted by molar-refractivity contribution is 5.85. The quantitative estimate of drug-likeness (QED) is 0.187. The first-order chi connectivity index (χ1) is 16.2. The fourth-order valence-corrected chi connectivity index (χ4v) is 4.46. The third-order valence-electron chi connectivity index (χ3n) is 6.35. The molecule has 176 valence electrons. The standard InChI is InChI=1S/C29H25F5/c1-19(7-2-3-8-22-10-6-11-23-9-4-5-12-25(22)23)20-13-15-21(16-14-20)24-17-26(30)28(27(31)18-24)29(32,33)34/h4-6,9-19H,2-3,7-8H2,1H3. The minimum Gasteiger partial charge on any atom is -0.206 e. The molecule has 0 heterocycles. The molecule has 0 aliphatic heterocycles. The Balaban J connectivity index is 1.36. The Morgan fingerprint density at radius 2 is 1.38 bits per heavy atom. The number of hydrogen-bond acceptors (Lipinski definition) is 0. The van der Waals surface area contributed by atoms with Gasteiger partial charge in [0, 0.05) is 0 Å². The lowest BCUT2D eigenvalue weighted by atomic mass is 9.92. The molecule has 1 atom stereocenters. The van der Waals surface area contributed by atoms with E-state index in [1.54, 1.807) is 12.1 Å². The molecule has 0 aromatic heterocycles. The molecule has 0 aliphatic carbocycles. The Hall–Kier alpha value is -3.21. The van der Waals surface area contributed by atoms with Gasteiger partial charge in [-0.1, -0.05) is 80.1 Å². The van der Waals surface area contributed by atoms with Gasteiger partial charge >= 0.3 is 6.18 Å². The molecule has 0 amide bonds. The van der Waals surface area contributed by atoms with E-state index in [0.29, 0.717) is 11.5 Å². The zero-order chi connectivity index (χ0) is 24.3. The van der Waals surface area contributed by atoms with Gasteiger partial charge in [-0.15, -0.1) is 0 Å². The van der Waals surface area contributed by atoms with E-state index in [1.165, 1.54) is 16.3 Å². The lowest BCUT2D eigenvalue weighted by molar-refractivity contribution is -0.142. The van der Waals surface area contributed by atoms with Crippen molar-refractivity contribution < 1.29 is 22.0 Å². The monoisotopic (exact) mass is 468 g/mol. The number of unbranched alkanes of at least 4 members (excludes halogenated alkanes) is 1. The van der Waals surface area contributed by atoms with E-state index >= 15 is 0 Å². The Kier molecular flexibility index (Phi) is 7.01. The molecule has 34 heavy (non-hydrogen) atoms. The topological polar surface area (TPSA) is 0 Å². The first-order valence-corrected chi connectivity index (χ1v) is 11.4. The van der Waals surface area contributed by atoms with Gasteiger partial charge in [-0.2, -0.15) is 13.2 Å². The van der Waals surface area contributed by atoms with Gasteiger partial charge in [0.25, 0.3) is 0 Å². The van der Waals surface area contributed by atoms with Gasteiger partial charge < -0.3 is 0 Å². The summed E-state index contributed by atoms with van der Waals surface area (Å²) in [7, 11) is 0. The van der Waals surface area contributed by atoms with Crippen LogP contribution in [-0.2, 0) is 12.6 Å². The summed E-state index contributed by atoms with van der Waals surface area (Å²) in [4.78, 5) is 0. The SMILES string of the molecule is CC(CCCCc1cccc2ccccc12)c1ccc(-c2cc(F)c(C(F)(F)F)c(F)c2)cc1. The van der Waals surface area contributed by atoms with Crippen LogP contribution in [0.25, 0.3) is 21.9 Å². The van der Waals surface area contributed by atoms with Gasteiger partial charge in [-0.05, 0) is 70.3 Å². The lowest BCUT2D eigenvalue weighted by Gasteiger charge is -2.14. The fourth-order valence-electron chi connectivity index (χ4n) is 4.46. The predicted molar refractivity (Wildman–Crippen MR) is 127 cm³/mol. The Morgan fingerprint density at radius 1 is 0.735 bits per heavy atom. The summed E-state index contributed by atoms with van der Waals surface area (Å²) < 4.78 is 66.2. The van der Waals surface area contributed by atoms with Crippen molar-refractivity contribution in [3.63, 3.8) is 0 Å². The van der Waals surface area contributed by atoms with Crippen molar-refractivity contribution >= 4 is 10.8 Å². The summed E-state index contributed by atoms with van der Waals surface area (Å²) in [5.41, 5.74) is 1.13. The first-order valence-electron chi connectivity index (χ1n) is 11.4. The lowest BCUT2D eigenvalue weighted by Crippen LogP contribution is -2.11. The van der Waals surface area contributed by atoms with Crippen molar-refractivity contribution in [3.8, 4) is 11.1 Å². The van der Waals surface area contributed by atoms with Crippen molar-refractivity contribution in [1.82, 2.24) is 0 Å². The molecule has 0 radical (unpaired) electrons. The number of rotatable bonds is 7. The minimum absolute atomic E-state index is 0.0808. The van der Waals surface area contributed by atoms with Gasteiger partial charge in [0.2, 0.25) is 0 Å². The van der Waals surface area contributed by atoms with Gasteiger partial charge in [0.05, 0.1) is 0 Å². The van der Waals surface area contributed by atoms with E-state index in [9.17, 15) is 22.0 Å². The van der Waals surface area contributed by atoms with E-state index in [1.807, 2.05) is 18.2 Å². The summed E-state index contributed by atoms with van der Waals surface area (Å²) in [5, 5.41) is 2.55. The second-order valence-electron chi connectivity index (χ2n) is 8.72. The Labute approximate surface area is 196 Å². The van der Waals surface area contributed by atoms with Crippen LogP contribution in [0.15, 0.2) is 78.9 Å². The largest absolute Gasteiger partial charge is 0.422 e. The molecular weight excluding hydrogens is 443 g/mol. The number of alkyl halides is 3. The third kappa shape index (κ3) is 5.30. The number of halogens is 5. The maximum absolute atomic E-state index is 13.9. The molecule has 0 bridgehead atoms. The van der Waals surface area contributed by atoms with Crippen LogP contribution in [-0.4, -0.2) is 0 Å². The van der Waals surface area contributed by atoms with E-state index in [-0.39, 0.29) is 5.56 Å². The van der Waals surface area contributed by atoms with E-state index in [0.717, 1.165) is 43.4 Å². The van der Waals surface area contributed by atoms with E-state index < -0.39 is 23.4 Å². The highest BCUT2D eigenvalue weighted by Gasteiger charge is 2.37. The maximum atomic E-state index is 13.9. The maximum Gasteiger partial charge on any atom is 0.422 e. The third-order valence-corrected chi connectivity index (χ3v) is 6.35. The van der Waals surface area contributed by atoms with Crippen molar-refractivity contribution in [2.75, 3.05) is 0 Å². The minimum atomic E-state index is -5.07. The van der Waals surface area contributed by atoms with Crippen LogP contribution in [0.1, 0.15) is 48.8 Å². The highest BCUT2D eigenvalue weighted by atomic mass is 19.4. The molecule has 4 aromatic carbocycles. The molecule has 0 saturated heterocycles. The van der Waals surface area contributed by atoms with Crippen LogP contribution < -0.4 is 0 Å². The van der Waals surface area contributed by atoms with Crippen LogP contribution >= 0.6 is 0 Å². The van der Waals surface area contributed by atoms with Crippen LogP contribution in [0.3, 0.4) is 0 Å². The molecule has 0 N–H and O–H groups in total. The van der Waals surface area contributed by atoms with Gasteiger partial charge in [-0.3, -0.25) is 0 Å². The predicted octanol–water partition coefficient (Wildman–Crippen LogP) is 9.32. The van der Waals surface area contributed by atoms with Crippen molar-refractivity contribution in [2.24, 2.45) is 0 Å². The smallest absolute Gasteiger partial charge is 0.206 e. The van der Waals surface area contributed by atoms with Crippen molar-refractivity contribution in [1.29, 1.82) is 0 Å². The van der Waals surface area contributed by atoms with Crippen LogP contribution in [0.4, 0.5) is 22.0 Å². The average molecular weight is 469 g/mol. The molecule has 0 aliphatic rings. The highest BCUT2D eigenvalue weighted by Crippen LogP contribution is 2.36. The molecule has 5 heteroatoms. The zero-order valence-electron chi connectivity index (χ0n) is 18.8. The second-order valence-corrected chi connectivity index (χ2v) is 8.72. The normalized spacial score (nSPS) is 12.8. The number of fused-ring (bicyclic) bond motifs is 1. The molecule has 4 rings (SSSR count). The van der Waals surface area contributed by atoms with Crippen molar-refractivity contribution in [3.05, 3.63) is 107 Å². The molecule has 0 saturated carbocycles. The molecule has 0 nitrogen and oxygen atoms in total. The van der Waals surface area contributed by atoms with Crippen molar-refractivity contribution in [2.45, 2.75) is 44.7 Å². The van der Waals surface area contributed by atoms with Gasteiger partial charge in [0.15, 0.2) is 0 Å². The average Bonchev–Trinajstić information content (AvgIpc) is 2.80. The summed E-state index contributed by atoms with van der Waals surface area (Å²) in [6.45, 7) is 2.13. The fraction of sp³-hybridized carbons (Fsp3) is 0.241. The summed E-state index contributed by atoms with van der Waals surface area (Å²) in [5.74, 6) is -2.92. The van der Waals surface area contributed by atoms with Crippen LogP contribution in [0.2, 0.25) is 0 Å². The van der Waals surface area contributed by atoms with E-state index in [2.05, 4.69) is 43.3 Å². The summed E-state index contributed by atoms with van der Waals surface area (Å²) >= 11 is 0. The zero-order valence-corrected chi connectivity index (χ0v) is 18.8. The van der Waals surface area contributed by atoms with Crippen LogP contribution in [0.5, 0.6) is 0 Å². The molecule has 0 spiro atoms. The Bertz CT molecular complexity index is 1240. The van der Waals surface area contributed by atoms with Gasteiger partial charge in [-0.25, -0.2) is 8.78 Å². The second kappa shape index (κ2) is 9.96. The number of hydrogen-bond donors (Lipinski definition) is 0. The molecular formula is C29H25F5. The molecule has 1 unspecified atom stereocenters.